The van der Waals surface area contributed by atoms with E-state index >= 15 is 0 Å². The fourth-order valence-corrected chi connectivity index (χ4v) is 2.64. The molecule has 5 heteroatoms. The molecule has 1 aromatic rings. The fraction of sp³-hybridized carbons (Fsp3) is 0.471. The van der Waals surface area contributed by atoms with Gasteiger partial charge in [0, 0.05) is 25.2 Å². The Bertz CT molecular complexity index is 533. The summed E-state index contributed by atoms with van der Waals surface area (Å²) in [5, 5.41) is 3.04. The molecule has 1 aliphatic heterocycles. The maximum atomic E-state index is 13.2. The molecule has 4 nitrogen and oxygen atoms in total. The number of nitrogens with two attached hydrogens (primary N) is 1. The molecule has 2 rings (SSSR count). The first kappa shape index (κ1) is 16.5. The molecule has 1 fully saturated rings. The Morgan fingerprint density at radius 3 is 2.59 bits per heavy atom. The highest BCUT2D eigenvalue weighted by atomic mass is 19.1. The molecule has 0 aromatic heterocycles. The van der Waals surface area contributed by atoms with Crippen molar-refractivity contribution in [2.45, 2.75) is 25.2 Å². The van der Waals surface area contributed by atoms with E-state index in [0.717, 1.165) is 24.0 Å². The van der Waals surface area contributed by atoms with Crippen molar-refractivity contribution in [1.82, 2.24) is 5.32 Å². The van der Waals surface area contributed by atoms with Gasteiger partial charge in [-0.3, -0.25) is 4.99 Å². The molecule has 0 spiro atoms. The SMILES string of the molecule is C=C(C)CNC(N)=NCC1(c2ccc(F)cc2)CCOCC1. The van der Waals surface area contributed by atoms with Crippen LogP contribution in [0.25, 0.3) is 0 Å². The van der Waals surface area contributed by atoms with E-state index in [2.05, 4.69) is 16.9 Å². The summed E-state index contributed by atoms with van der Waals surface area (Å²) in [6, 6.07) is 6.68. The lowest BCUT2D eigenvalue weighted by Gasteiger charge is -2.36. The molecule has 3 N–H and O–H groups in total. The Hall–Kier alpha value is -1.88. The average Bonchev–Trinajstić information content (AvgIpc) is 2.52. The van der Waals surface area contributed by atoms with Crippen molar-refractivity contribution < 1.29 is 9.13 Å². The number of rotatable bonds is 5. The van der Waals surface area contributed by atoms with E-state index in [4.69, 9.17) is 10.5 Å². The first-order valence-electron chi connectivity index (χ1n) is 7.54. The van der Waals surface area contributed by atoms with Gasteiger partial charge in [-0.25, -0.2) is 4.39 Å². The Kier molecular flexibility index (Phi) is 5.55. The van der Waals surface area contributed by atoms with Crippen molar-refractivity contribution in [1.29, 1.82) is 0 Å². The minimum absolute atomic E-state index is 0.137. The van der Waals surface area contributed by atoms with Crippen LogP contribution in [-0.2, 0) is 10.2 Å². The number of hydrogen-bond donors (Lipinski definition) is 2. The fourth-order valence-electron chi connectivity index (χ4n) is 2.64. The Labute approximate surface area is 131 Å². The van der Waals surface area contributed by atoms with Crippen molar-refractivity contribution >= 4 is 5.96 Å². The van der Waals surface area contributed by atoms with Crippen molar-refractivity contribution in [3.05, 3.63) is 47.8 Å². The second-order valence-corrected chi connectivity index (χ2v) is 5.91. The van der Waals surface area contributed by atoms with Gasteiger partial charge < -0.3 is 15.8 Å². The lowest BCUT2D eigenvalue weighted by Crippen LogP contribution is -2.39. The third kappa shape index (κ3) is 4.31. The number of hydrogen-bond acceptors (Lipinski definition) is 2. The molecule has 0 aliphatic carbocycles. The van der Waals surface area contributed by atoms with Crippen molar-refractivity contribution in [3.8, 4) is 0 Å². The first-order valence-corrected chi connectivity index (χ1v) is 7.54. The first-order chi connectivity index (χ1) is 10.5. The predicted molar refractivity (Wildman–Crippen MR) is 87.4 cm³/mol. The van der Waals surface area contributed by atoms with Gasteiger partial charge >= 0.3 is 0 Å². The van der Waals surface area contributed by atoms with Crippen molar-refractivity contribution in [3.63, 3.8) is 0 Å². The summed E-state index contributed by atoms with van der Waals surface area (Å²) in [5.74, 6) is 0.188. The number of benzene rings is 1. The minimum atomic E-state index is -0.225. The van der Waals surface area contributed by atoms with E-state index in [1.54, 1.807) is 0 Å². The molecular formula is C17H24FN3O. The molecule has 22 heavy (non-hydrogen) atoms. The molecule has 0 amide bonds. The molecule has 0 unspecified atom stereocenters. The van der Waals surface area contributed by atoms with Gasteiger partial charge in [-0.1, -0.05) is 24.3 Å². The van der Waals surface area contributed by atoms with E-state index in [-0.39, 0.29) is 11.2 Å². The molecule has 0 radical (unpaired) electrons. The number of guanidine groups is 1. The van der Waals surface area contributed by atoms with Gasteiger partial charge in [0.15, 0.2) is 5.96 Å². The van der Waals surface area contributed by atoms with Gasteiger partial charge in [0.1, 0.15) is 5.82 Å². The molecule has 1 aliphatic rings. The number of nitrogens with zero attached hydrogens (tertiary/aromatic N) is 1. The number of aliphatic imine (C=N–C) groups is 1. The summed E-state index contributed by atoms with van der Waals surface area (Å²) in [6.07, 6.45) is 1.71. The molecule has 0 saturated carbocycles. The highest BCUT2D eigenvalue weighted by molar-refractivity contribution is 5.78. The summed E-state index contributed by atoms with van der Waals surface area (Å²) in [7, 11) is 0. The van der Waals surface area contributed by atoms with E-state index in [1.807, 2.05) is 19.1 Å². The highest BCUT2D eigenvalue weighted by Crippen LogP contribution is 2.35. The maximum Gasteiger partial charge on any atom is 0.188 e. The van der Waals surface area contributed by atoms with Crippen molar-refractivity contribution in [2.75, 3.05) is 26.3 Å². The van der Waals surface area contributed by atoms with Gasteiger partial charge in [0.2, 0.25) is 0 Å². The van der Waals surface area contributed by atoms with Gasteiger partial charge in [0.25, 0.3) is 0 Å². The van der Waals surface area contributed by atoms with Gasteiger partial charge in [0.05, 0.1) is 6.54 Å². The van der Waals surface area contributed by atoms with Crippen LogP contribution in [0.1, 0.15) is 25.3 Å². The van der Waals surface area contributed by atoms with Crippen LogP contribution in [-0.4, -0.2) is 32.3 Å². The van der Waals surface area contributed by atoms with E-state index in [1.165, 1.54) is 12.1 Å². The third-order valence-corrected chi connectivity index (χ3v) is 4.03. The van der Waals surface area contributed by atoms with Crippen LogP contribution in [0.5, 0.6) is 0 Å². The Morgan fingerprint density at radius 2 is 2.00 bits per heavy atom. The van der Waals surface area contributed by atoms with E-state index in [9.17, 15) is 4.39 Å². The van der Waals surface area contributed by atoms with E-state index in [0.29, 0.717) is 32.3 Å². The smallest absolute Gasteiger partial charge is 0.188 e. The predicted octanol–water partition coefficient (Wildman–Crippen LogP) is 2.35. The highest BCUT2D eigenvalue weighted by Gasteiger charge is 2.34. The van der Waals surface area contributed by atoms with Crippen LogP contribution in [0.3, 0.4) is 0 Å². The molecule has 120 valence electrons. The maximum absolute atomic E-state index is 13.2. The monoisotopic (exact) mass is 305 g/mol. The zero-order valence-electron chi connectivity index (χ0n) is 13.1. The van der Waals surface area contributed by atoms with Crippen LogP contribution < -0.4 is 11.1 Å². The van der Waals surface area contributed by atoms with Crippen LogP contribution in [0.15, 0.2) is 41.4 Å². The largest absolute Gasteiger partial charge is 0.381 e. The quantitative estimate of drug-likeness (QED) is 0.499. The van der Waals surface area contributed by atoms with Gasteiger partial charge in [-0.05, 0) is 37.5 Å². The summed E-state index contributed by atoms with van der Waals surface area (Å²) in [5.41, 5.74) is 7.86. The average molecular weight is 305 g/mol. The Morgan fingerprint density at radius 1 is 1.36 bits per heavy atom. The van der Waals surface area contributed by atoms with Gasteiger partial charge in [-0.2, -0.15) is 0 Å². The number of nitrogens with one attached hydrogen (secondary N) is 1. The van der Waals surface area contributed by atoms with E-state index < -0.39 is 0 Å². The van der Waals surface area contributed by atoms with Crippen LogP contribution in [0.4, 0.5) is 4.39 Å². The molecule has 1 saturated heterocycles. The molecule has 1 aromatic carbocycles. The Balaban J connectivity index is 2.13. The van der Waals surface area contributed by atoms with Crippen LogP contribution >= 0.6 is 0 Å². The molecule has 0 bridgehead atoms. The third-order valence-electron chi connectivity index (χ3n) is 4.03. The zero-order valence-corrected chi connectivity index (χ0v) is 13.1. The number of halogens is 1. The lowest BCUT2D eigenvalue weighted by atomic mass is 9.74. The number of ether oxygens (including phenoxy) is 1. The standard InChI is InChI=1S/C17H24FN3O/c1-13(2)11-20-16(19)21-12-17(7-9-22-10-8-17)14-3-5-15(18)6-4-14/h3-6H,1,7-12H2,2H3,(H3,19,20,21). The summed E-state index contributed by atoms with van der Waals surface area (Å²) in [4.78, 5) is 4.48. The summed E-state index contributed by atoms with van der Waals surface area (Å²) < 4.78 is 18.7. The molecule has 0 atom stereocenters. The van der Waals surface area contributed by atoms with Crippen LogP contribution in [0.2, 0.25) is 0 Å². The lowest BCUT2D eigenvalue weighted by molar-refractivity contribution is 0.0531. The van der Waals surface area contributed by atoms with Gasteiger partial charge in [-0.15, -0.1) is 0 Å². The minimum Gasteiger partial charge on any atom is -0.381 e. The summed E-state index contributed by atoms with van der Waals surface area (Å²) >= 11 is 0. The van der Waals surface area contributed by atoms with Crippen molar-refractivity contribution in [2.24, 2.45) is 10.7 Å². The zero-order chi connectivity index (χ0) is 16.0. The normalized spacial score (nSPS) is 18.0. The second kappa shape index (κ2) is 7.40. The second-order valence-electron chi connectivity index (χ2n) is 5.91. The van der Waals surface area contributed by atoms with Crippen LogP contribution in [0, 0.1) is 5.82 Å². The summed E-state index contributed by atoms with van der Waals surface area (Å²) in [6.45, 7) is 8.30. The topological polar surface area (TPSA) is 59.6 Å². The molecule has 1 heterocycles. The molecular weight excluding hydrogens is 281 g/mol.